The first kappa shape index (κ1) is 19.6. The van der Waals surface area contributed by atoms with Gasteiger partial charge in [-0.3, -0.25) is 4.79 Å². The van der Waals surface area contributed by atoms with Crippen LogP contribution in [0.1, 0.15) is 33.7 Å². The molecule has 4 rings (SSSR count). The van der Waals surface area contributed by atoms with Crippen LogP contribution in [-0.2, 0) is 16.4 Å². The van der Waals surface area contributed by atoms with Gasteiger partial charge in [-0.15, -0.1) is 0 Å². The lowest BCUT2D eigenvalue weighted by Crippen LogP contribution is -2.41. The number of halogens is 1. The quantitative estimate of drug-likeness (QED) is 0.646. The van der Waals surface area contributed by atoms with Gasteiger partial charge >= 0.3 is 0 Å². The molecule has 1 atom stereocenters. The van der Waals surface area contributed by atoms with E-state index in [-0.39, 0.29) is 23.8 Å². The van der Waals surface area contributed by atoms with Crippen molar-refractivity contribution in [2.45, 2.75) is 32.9 Å². The zero-order chi connectivity index (χ0) is 20.8. The molecule has 1 aliphatic heterocycles. The maximum absolute atomic E-state index is 14.3. The summed E-state index contributed by atoms with van der Waals surface area (Å²) >= 11 is 0. The third kappa shape index (κ3) is 3.79. The van der Waals surface area contributed by atoms with Gasteiger partial charge in [0.15, 0.2) is 15.6 Å². The molecule has 0 bridgehead atoms. The van der Waals surface area contributed by atoms with E-state index >= 15 is 0 Å². The SMILES string of the molecule is Cc1ccc2oc(C(=O)N(Cc3ccccc3F)C3CCS(=O)(=O)C3)c(C)c2c1. The number of hydrogen-bond acceptors (Lipinski definition) is 4. The van der Waals surface area contributed by atoms with Crippen molar-refractivity contribution in [3.05, 3.63) is 70.7 Å². The number of fused-ring (bicyclic) bond motifs is 1. The zero-order valence-corrected chi connectivity index (χ0v) is 17.1. The molecule has 1 amide bonds. The minimum absolute atomic E-state index is 0.0127. The molecule has 5 nitrogen and oxygen atoms in total. The number of carbonyl (C=O) groups excluding carboxylic acids is 1. The molecule has 1 saturated heterocycles. The second-order valence-corrected chi connectivity index (χ2v) is 9.87. The molecule has 0 saturated carbocycles. The Morgan fingerprint density at radius 3 is 2.66 bits per heavy atom. The number of furan rings is 1. The van der Waals surface area contributed by atoms with Gasteiger partial charge in [-0.1, -0.05) is 29.8 Å². The molecule has 0 spiro atoms. The van der Waals surface area contributed by atoms with Crippen molar-refractivity contribution in [3.8, 4) is 0 Å². The highest BCUT2D eigenvalue weighted by Gasteiger charge is 2.37. The maximum atomic E-state index is 14.3. The number of sulfone groups is 1. The minimum atomic E-state index is -3.22. The molecule has 7 heteroatoms. The molecule has 1 aromatic heterocycles. The van der Waals surface area contributed by atoms with E-state index in [0.29, 0.717) is 23.1 Å². The third-order valence-electron chi connectivity index (χ3n) is 5.49. The van der Waals surface area contributed by atoms with Crippen LogP contribution in [0, 0.1) is 19.7 Å². The van der Waals surface area contributed by atoms with Crippen LogP contribution in [0.15, 0.2) is 46.9 Å². The summed E-state index contributed by atoms with van der Waals surface area (Å²) in [6.45, 7) is 3.76. The number of nitrogens with zero attached hydrogens (tertiary/aromatic N) is 1. The van der Waals surface area contributed by atoms with E-state index < -0.39 is 27.6 Å². The Morgan fingerprint density at radius 2 is 1.97 bits per heavy atom. The van der Waals surface area contributed by atoms with E-state index in [9.17, 15) is 17.6 Å². The summed E-state index contributed by atoms with van der Waals surface area (Å²) in [7, 11) is -3.22. The first-order valence-corrected chi connectivity index (χ1v) is 11.3. The Bertz CT molecular complexity index is 1200. The molecular weight excluding hydrogens is 393 g/mol. The molecule has 29 heavy (non-hydrogen) atoms. The lowest BCUT2D eigenvalue weighted by molar-refractivity contribution is 0.0647. The van der Waals surface area contributed by atoms with Gasteiger partial charge < -0.3 is 9.32 Å². The monoisotopic (exact) mass is 415 g/mol. The Balaban J connectivity index is 1.75. The number of aryl methyl sites for hydroxylation is 2. The van der Waals surface area contributed by atoms with E-state index in [4.69, 9.17) is 4.42 Å². The Labute approximate surface area is 169 Å². The number of amides is 1. The van der Waals surface area contributed by atoms with Crippen molar-refractivity contribution < 1.29 is 22.0 Å². The van der Waals surface area contributed by atoms with Gasteiger partial charge in [0, 0.05) is 29.1 Å². The summed E-state index contributed by atoms with van der Waals surface area (Å²) in [4.78, 5) is 14.9. The van der Waals surface area contributed by atoms with Crippen LogP contribution >= 0.6 is 0 Å². The van der Waals surface area contributed by atoms with E-state index in [1.54, 1.807) is 18.2 Å². The maximum Gasteiger partial charge on any atom is 0.290 e. The van der Waals surface area contributed by atoms with Crippen LogP contribution in [0.25, 0.3) is 11.0 Å². The first-order chi connectivity index (χ1) is 13.7. The fraction of sp³-hybridized carbons (Fsp3) is 0.318. The second kappa shape index (κ2) is 7.30. The van der Waals surface area contributed by atoms with Crippen LogP contribution in [0.2, 0.25) is 0 Å². The molecular formula is C22H22FNO4S. The van der Waals surface area contributed by atoms with Gasteiger partial charge in [0.25, 0.3) is 5.91 Å². The molecule has 152 valence electrons. The first-order valence-electron chi connectivity index (χ1n) is 9.50. The lowest BCUT2D eigenvalue weighted by Gasteiger charge is -2.28. The summed E-state index contributed by atoms with van der Waals surface area (Å²) in [5.41, 5.74) is 2.69. The second-order valence-electron chi connectivity index (χ2n) is 7.64. The van der Waals surface area contributed by atoms with Crippen molar-refractivity contribution in [2.24, 2.45) is 0 Å². The highest BCUT2D eigenvalue weighted by molar-refractivity contribution is 7.91. The lowest BCUT2D eigenvalue weighted by atomic mass is 10.1. The summed E-state index contributed by atoms with van der Waals surface area (Å²) in [5.74, 6) is -0.765. The van der Waals surface area contributed by atoms with E-state index in [2.05, 4.69) is 0 Å². The molecule has 1 fully saturated rings. The molecule has 3 aromatic rings. The molecule has 1 aliphatic rings. The van der Waals surface area contributed by atoms with Gasteiger partial charge in [0.05, 0.1) is 11.5 Å². The molecule has 2 heterocycles. The average Bonchev–Trinajstić information content (AvgIpc) is 3.20. The smallest absolute Gasteiger partial charge is 0.290 e. The number of hydrogen-bond donors (Lipinski definition) is 0. The fourth-order valence-corrected chi connectivity index (χ4v) is 5.60. The van der Waals surface area contributed by atoms with Crippen molar-refractivity contribution in [3.63, 3.8) is 0 Å². The van der Waals surface area contributed by atoms with Gasteiger partial charge in [0.2, 0.25) is 0 Å². The van der Waals surface area contributed by atoms with Gasteiger partial charge in [-0.25, -0.2) is 12.8 Å². The normalized spacial score (nSPS) is 18.2. The number of carbonyl (C=O) groups is 1. The zero-order valence-electron chi connectivity index (χ0n) is 16.3. The van der Waals surface area contributed by atoms with E-state index in [1.165, 1.54) is 11.0 Å². The van der Waals surface area contributed by atoms with Crippen LogP contribution < -0.4 is 0 Å². The summed E-state index contributed by atoms with van der Waals surface area (Å²) in [6.07, 6.45) is 0.334. The van der Waals surface area contributed by atoms with Crippen LogP contribution in [0.3, 0.4) is 0 Å². The summed E-state index contributed by atoms with van der Waals surface area (Å²) < 4.78 is 44.2. The van der Waals surface area contributed by atoms with Crippen molar-refractivity contribution in [1.82, 2.24) is 4.90 Å². The topological polar surface area (TPSA) is 67.6 Å². The van der Waals surface area contributed by atoms with Crippen LogP contribution in [0.4, 0.5) is 4.39 Å². The molecule has 0 aliphatic carbocycles. The predicted molar refractivity (Wildman–Crippen MR) is 109 cm³/mol. The average molecular weight is 415 g/mol. The predicted octanol–water partition coefficient (Wildman–Crippen LogP) is 4.02. The van der Waals surface area contributed by atoms with Gasteiger partial charge in [-0.2, -0.15) is 0 Å². The van der Waals surface area contributed by atoms with Crippen molar-refractivity contribution >= 4 is 26.7 Å². The Kier molecular flexibility index (Phi) is 4.94. The fourth-order valence-electron chi connectivity index (χ4n) is 3.87. The Morgan fingerprint density at radius 1 is 1.21 bits per heavy atom. The minimum Gasteiger partial charge on any atom is -0.451 e. The van der Waals surface area contributed by atoms with Gasteiger partial charge in [-0.05, 0) is 38.5 Å². The van der Waals surface area contributed by atoms with E-state index in [0.717, 1.165) is 10.9 Å². The third-order valence-corrected chi connectivity index (χ3v) is 7.24. The number of benzene rings is 2. The molecule has 2 aromatic carbocycles. The van der Waals surface area contributed by atoms with Crippen molar-refractivity contribution in [2.75, 3.05) is 11.5 Å². The molecule has 0 radical (unpaired) electrons. The Hall–Kier alpha value is -2.67. The van der Waals surface area contributed by atoms with E-state index in [1.807, 2.05) is 32.0 Å². The largest absolute Gasteiger partial charge is 0.451 e. The molecule has 1 unspecified atom stereocenters. The van der Waals surface area contributed by atoms with Gasteiger partial charge in [0.1, 0.15) is 11.4 Å². The van der Waals surface area contributed by atoms with Crippen molar-refractivity contribution in [1.29, 1.82) is 0 Å². The highest BCUT2D eigenvalue weighted by atomic mass is 32.2. The molecule has 0 N–H and O–H groups in total. The van der Waals surface area contributed by atoms with Crippen LogP contribution in [0.5, 0.6) is 0 Å². The standard InChI is InChI=1S/C22H22FNO4S/c1-14-7-8-20-18(11-14)15(2)21(28-20)22(25)24(17-9-10-29(26,27)13-17)12-16-5-3-4-6-19(16)23/h3-8,11,17H,9-10,12-13H2,1-2H3. The summed E-state index contributed by atoms with van der Waals surface area (Å²) in [6, 6.07) is 11.4. The summed E-state index contributed by atoms with van der Waals surface area (Å²) in [5, 5.41) is 0.846. The number of rotatable bonds is 4. The van der Waals surface area contributed by atoms with Crippen LogP contribution in [-0.4, -0.2) is 36.8 Å². The highest BCUT2D eigenvalue weighted by Crippen LogP contribution is 2.30.